The van der Waals surface area contributed by atoms with Gasteiger partial charge in [0.1, 0.15) is 5.75 Å². The first-order valence-electron chi connectivity index (χ1n) is 15.1. The summed E-state index contributed by atoms with van der Waals surface area (Å²) in [6.45, 7) is 0. The van der Waals surface area contributed by atoms with Crippen molar-refractivity contribution in [3.8, 4) is 5.75 Å². The summed E-state index contributed by atoms with van der Waals surface area (Å²) >= 11 is 5.58. The topological polar surface area (TPSA) is 182 Å². The number of aliphatic hydroxyl groups is 1. The predicted octanol–water partition coefficient (Wildman–Crippen LogP) is 1.90. The zero-order valence-electron chi connectivity index (χ0n) is 26.2. The van der Waals surface area contributed by atoms with Gasteiger partial charge in [-0.25, -0.2) is 0 Å². The number of ketones is 4. The van der Waals surface area contributed by atoms with Gasteiger partial charge >= 0.3 is 0 Å². The molecule has 6 rings (SSSR count). The van der Waals surface area contributed by atoms with Gasteiger partial charge in [0.05, 0.1) is 23.2 Å². The van der Waals surface area contributed by atoms with E-state index in [0.717, 1.165) is 16.5 Å². The zero-order valence-corrected chi connectivity index (χ0v) is 27.1. The number of phenols is 1. The van der Waals surface area contributed by atoms with E-state index in [2.05, 4.69) is 10.6 Å². The molecule has 2 saturated carbocycles. The van der Waals surface area contributed by atoms with Crippen LogP contribution in [0.25, 0.3) is 10.8 Å². The number of likely N-dealkylation sites (N-methyl/N-ethyl adjacent to an activating group) is 1. The quantitative estimate of drug-likeness (QED) is 0.153. The van der Waals surface area contributed by atoms with Crippen molar-refractivity contribution < 1.29 is 34.2 Å². The molecule has 2 fully saturated rings. The van der Waals surface area contributed by atoms with Gasteiger partial charge in [0, 0.05) is 36.8 Å². The van der Waals surface area contributed by atoms with E-state index in [4.69, 9.17) is 18.0 Å². The average molecular weight is 658 g/mol. The first-order valence-corrected chi connectivity index (χ1v) is 15.6. The minimum absolute atomic E-state index is 0.0312. The molecule has 244 valence electrons. The highest BCUT2D eigenvalue weighted by Gasteiger charge is 2.69. The molecule has 3 aromatic rings. The molecule has 0 radical (unpaired) electrons. The van der Waals surface area contributed by atoms with Gasteiger partial charge in [0.15, 0.2) is 39.8 Å². The largest absolute Gasteiger partial charge is 0.505 e. The number of nitrogens with two attached hydrogens (primary N) is 1. The molecule has 0 spiro atoms. The monoisotopic (exact) mass is 657 g/mol. The molecule has 1 amide bonds. The number of carbonyl (C=O) groups excluding carboxylic acids is 5. The molecule has 6 N–H and O–H groups in total. The third-order valence-corrected chi connectivity index (χ3v) is 10.0. The summed E-state index contributed by atoms with van der Waals surface area (Å²) in [5, 5.41) is 31.6. The van der Waals surface area contributed by atoms with Crippen molar-refractivity contribution in [2.45, 2.75) is 24.5 Å². The molecule has 3 aliphatic carbocycles. The van der Waals surface area contributed by atoms with Gasteiger partial charge < -0.3 is 31.5 Å². The molecular formula is C34H35N5O7S. The van der Waals surface area contributed by atoms with Crippen LogP contribution in [-0.4, -0.2) is 89.1 Å². The number of benzene rings is 3. The lowest BCUT2D eigenvalue weighted by molar-refractivity contribution is -0.181. The second-order valence-electron chi connectivity index (χ2n) is 12.9. The van der Waals surface area contributed by atoms with Crippen molar-refractivity contribution in [1.29, 1.82) is 0 Å². The predicted molar refractivity (Wildman–Crippen MR) is 179 cm³/mol. The minimum atomic E-state index is -2.79. The molecule has 13 heteroatoms. The number of primary amides is 1. The number of carbonyl (C=O) groups is 5. The fraction of sp³-hybridized carbons (Fsp3) is 0.353. The number of hydrogen-bond acceptors (Lipinski definition) is 10. The summed E-state index contributed by atoms with van der Waals surface area (Å²) in [5.41, 5.74) is 4.39. The van der Waals surface area contributed by atoms with E-state index in [1.807, 2.05) is 42.5 Å². The molecule has 3 aliphatic rings. The van der Waals surface area contributed by atoms with Crippen LogP contribution in [0.2, 0.25) is 0 Å². The first kappa shape index (κ1) is 32.2. The van der Waals surface area contributed by atoms with Gasteiger partial charge in [0.25, 0.3) is 0 Å². The Hall–Kier alpha value is -4.72. The normalized spacial score (nSPS) is 26.8. The number of rotatable bonds is 5. The Bertz CT molecular complexity index is 1900. The van der Waals surface area contributed by atoms with Gasteiger partial charge in [-0.2, -0.15) is 0 Å². The van der Waals surface area contributed by atoms with Gasteiger partial charge in [0.2, 0.25) is 5.91 Å². The highest BCUT2D eigenvalue weighted by molar-refractivity contribution is 7.80. The fourth-order valence-electron chi connectivity index (χ4n) is 7.76. The number of Topliss-reactive ketones (excluding diaryl/α,β-unsaturated/α-hetero) is 4. The van der Waals surface area contributed by atoms with E-state index in [1.165, 1.54) is 4.90 Å². The number of amides is 1. The van der Waals surface area contributed by atoms with Crippen LogP contribution in [0, 0.1) is 23.7 Å². The Labute approximate surface area is 275 Å². The number of phenolic OH excluding ortho intramolecular Hbond substituents is 1. The lowest BCUT2D eigenvalue weighted by Gasteiger charge is -2.52. The van der Waals surface area contributed by atoms with Crippen LogP contribution in [0.15, 0.2) is 48.5 Å². The Morgan fingerprint density at radius 1 is 0.979 bits per heavy atom. The summed E-state index contributed by atoms with van der Waals surface area (Å²) < 4.78 is 0. The molecule has 6 atom stereocenters. The second-order valence-corrected chi connectivity index (χ2v) is 13.3. The first-order chi connectivity index (χ1) is 22.2. The Kier molecular flexibility index (Phi) is 7.89. The number of thiocarbonyl (C=S) groups is 1. The number of hydrogen-bond donors (Lipinski definition) is 5. The SMILES string of the molecule is CN(C)c1cc(NC(=S)Nc2cccc3ccccc23)c(O)c2c1C[C@H]1C[C@H]3[C@H](N(C)C)C(=O)C(C(N)=O)C(=O)[C@@]3(O)C(=O)C1C2=O. The average Bonchev–Trinajstić information content (AvgIpc) is 3.00. The molecule has 47 heavy (non-hydrogen) atoms. The zero-order chi connectivity index (χ0) is 34.1. The maximum atomic E-state index is 14.3. The number of aromatic hydroxyl groups is 1. The van der Waals surface area contributed by atoms with Crippen LogP contribution in [-0.2, 0) is 25.6 Å². The molecule has 0 aromatic heterocycles. The van der Waals surface area contributed by atoms with Crippen LogP contribution >= 0.6 is 12.2 Å². The molecule has 12 nitrogen and oxygen atoms in total. The molecule has 0 heterocycles. The Balaban J connectivity index is 1.39. The lowest BCUT2D eigenvalue weighted by atomic mass is 9.52. The molecule has 3 aromatic carbocycles. The van der Waals surface area contributed by atoms with Crippen molar-refractivity contribution in [2.75, 3.05) is 43.7 Å². The molecule has 0 bridgehead atoms. The molecule has 2 unspecified atom stereocenters. The van der Waals surface area contributed by atoms with E-state index in [-0.39, 0.29) is 29.2 Å². The Morgan fingerprint density at radius 3 is 2.30 bits per heavy atom. The van der Waals surface area contributed by atoms with Gasteiger partial charge in [-0.3, -0.25) is 28.9 Å². The van der Waals surface area contributed by atoms with Gasteiger partial charge in [-0.05, 0) is 68.2 Å². The summed E-state index contributed by atoms with van der Waals surface area (Å²) in [6.07, 6.45) is 0.114. The minimum Gasteiger partial charge on any atom is -0.505 e. The Morgan fingerprint density at radius 2 is 1.64 bits per heavy atom. The summed E-state index contributed by atoms with van der Waals surface area (Å²) in [7, 11) is 6.64. The van der Waals surface area contributed by atoms with E-state index in [9.17, 15) is 34.2 Å². The third kappa shape index (κ3) is 4.88. The number of nitrogens with one attached hydrogen (secondary N) is 2. The fourth-order valence-corrected chi connectivity index (χ4v) is 7.98. The van der Waals surface area contributed by atoms with Crippen molar-refractivity contribution in [3.05, 3.63) is 59.7 Å². The van der Waals surface area contributed by atoms with Gasteiger partial charge in [-0.1, -0.05) is 36.4 Å². The van der Waals surface area contributed by atoms with E-state index in [0.29, 0.717) is 11.3 Å². The standard InChI is InChI=1S/C34H35N5O7S/c1-38(2)22-14-21(37-33(47)36-20-11-7-9-15-8-5-6-10-17(15)20)27(40)24-18(22)12-16-13-19-26(39(3)4)29(42)25(32(35)45)31(44)34(19,46)30(43)23(16)28(24)41/h5-11,14,16,19,23,25-26,40,46H,12-13H2,1-4H3,(H2,35,45)(H2,36,37,47)/t16-,19-,23?,25?,26-,34-/m0/s1. The smallest absolute Gasteiger partial charge is 0.235 e. The lowest BCUT2D eigenvalue weighted by Crippen LogP contribution is -2.74. The van der Waals surface area contributed by atoms with E-state index >= 15 is 0 Å². The molecule has 0 saturated heterocycles. The highest BCUT2D eigenvalue weighted by atomic mass is 32.1. The van der Waals surface area contributed by atoms with Crippen LogP contribution < -0.4 is 21.3 Å². The summed E-state index contributed by atoms with van der Waals surface area (Å²) in [6, 6.07) is 13.9. The van der Waals surface area contributed by atoms with E-state index in [1.54, 1.807) is 39.2 Å². The second kappa shape index (κ2) is 11.5. The van der Waals surface area contributed by atoms with Crippen molar-refractivity contribution in [3.63, 3.8) is 0 Å². The van der Waals surface area contributed by atoms with Crippen molar-refractivity contribution in [1.82, 2.24) is 4.90 Å². The number of anilines is 3. The van der Waals surface area contributed by atoms with Crippen molar-refractivity contribution in [2.24, 2.45) is 29.4 Å². The van der Waals surface area contributed by atoms with Gasteiger partial charge in [-0.15, -0.1) is 0 Å². The van der Waals surface area contributed by atoms with Crippen molar-refractivity contribution >= 4 is 74.2 Å². The molecular weight excluding hydrogens is 622 g/mol. The van der Waals surface area contributed by atoms with Crippen LogP contribution in [0.3, 0.4) is 0 Å². The highest BCUT2D eigenvalue weighted by Crippen LogP contribution is 2.52. The van der Waals surface area contributed by atoms with Crippen LogP contribution in [0.5, 0.6) is 5.75 Å². The number of nitrogens with zero attached hydrogens (tertiary/aromatic N) is 2. The van der Waals surface area contributed by atoms with Crippen LogP contribution in [0.4, 0.5) is 17.1 Å². The number of fused-ring (bicyclic) bond motifs is 4. The van der Waals surface area contributed by atoms with Crippen LogP contribution in [0.1, 0.15) is 22.3 Å². The maximum Gasteiger partial charge on any atom is 0.235 e. The summed E-state index contributed by atoms with van der Waals surface area (Å²) in [5.74, 6) is -11.1. The van der Waals surface area contributed by atoms with E-state index < -0.39 is 70.1 Å². The molecule has 0 aliphatic heterocycles. The third-order valence-electron chi connectivity index (χ3n) is 9.81. The maximum absolute atomic E-state index is 14.3. The summed E-state index contributed by atoms with van der Waals surface area (Å²) in [4.78, 5) is 70.8.